The molecular formula is C24H20N4. The van der Waals surface area contributed by atoms with Crippen molar-refractivity contribution in [2.24, 2.45) is 10.2 Å². The summed E-state index contributed by atoms with van der Waals surface area (Å²) in [6.45, 7) is 0.719. The zero-order valence-electron chi connectivity index (χ0n) is 15.7. The Kier molecular flexibility index (Phi) is 4.99. The number of anilines is 1. The van der Waals surface area contributed by atoms with Crippen LogP contribution in [0.1, 0.15) is 23.1 Å². The highest BCUT2D eigenvalue weighted by Crippen LogP contribution is 2.36. The van der Waals surface area contributed by atoms with E-state index in [9.17, 15) is 0 Å². The third-order valence-corrected chi connectivity index (χ3v) is 4.91. The normalized spacial score (nSPS) is 11.8. The van der Waals surface area contributed by atoms with Crippen LogP contribution in [0.15, 0.2) is 83.0 Å². The zero-order chi connectivity index (χ0) is 19.3. The second-order valence-electron chi connectivity index (χ2n) is 6.71. The van der Waals surface area contributed by atoms with Crippen molar-refractivity contribution in [2.45, 2.75) is 6.42 Å². The van der Waals surface area contributed by atoms with Gasteiger partial charge < -0.3 is 4.90 Å². The molecule has 1 aliphatic carbocycles. The Balaban J connectivity index is 1.56. The summed E-state index contributed by atoms with van der Waals surface area (Å²) in [5.74, 6) is 0. The van der Waals surface area contributed by atoms with Crippen molar-refractivity contribution in [3.05, 3.63) is 89.5 Å². The molecule has 3 aromatic carbocycles. The minimum Gasteiger partial charge on any atom is -0.374 e. The molecule has 0 N–H and O–H groups in total. The fraction of sp³-hybridized carbons (Fsp3) is 0.125. The Hall–Kier alpha value is -3.71. The molecule has 0 aromatic heterocycles. The van der Waals surface area contributed by atoms with Gasteiger partial charge in [-0.3, -0.25) is 0 Å². The lowest BCUT2D eigenvalue weighted by molar-refractivity contribution is 0.905. The summed E-state index contributed by atoms with van der Waals surface area (Å²) in [6, 6.07) is 26.9. The van der Waals surface area contributed by atoms with E-state index in [2.05, 4.69) is 57.6 Å². The number of hydrogen-bond donors (Lipinski definition) is 0. The molecule has 0 atom stereocenters. The van der Waals surface area contributed by atoms with Gasteiger partial charge in [0.25, 0.3) is 0 Å². The van der Waals surface area contributed by atoms with E-state index in [1.54, 1.807) is 6.21 Å². The molecule has 3 aromatic rings. The molecule has 0 saturated carbocycles. The van der Waals surface area contributed by atoms with Gasteiger partial charge in [-0.05, 0) is 28.8 Å². The Bertz CT molecular complexity index is 1040. The van der Waals surface area contributed by atoms with Crippen molar-refractivity contribution >= 4 is 17.6 Å². The molecule has 0 aliphatic heterocycles. The lowest BCUT2D eigenvalue weighted by Gasteiger charge is -2.17. The van der Waals surface area contributed by atoms with Crippen LogP contribution >= 0.6 is 0 Å². The molecule has 1 aliphatic rings. The lowest BCUT2D eigenvalue weighted by Crippen LogP contribution is -2.17. The van der Waals surface area contributed by atoms with Gasteiger partial charge in [0.2, 0.25) is 0 Å². The SMILES string of the molecule is CN(CCC#N)c1ccc(/C=N\N=C2c3ccccc3-c3ccccc32)cc1. The summed E-state index contributed by atoms with van der Waals surface area (Å²) in [5.41, 5.74) is 7.63. The van der Waals surface area contributed by atoms with E-state index in [4.69, 9.17) is 5.26 Å². The number of nitrogens with zero attached hydrogens (tertiary/aromatic N) is 4. The molecule has 4 rings (SSSR count). The highest BCUT2D eigenvalue weighted by Gasteiger charge is 2.23. The third kappa shape index (κ3) is 3.43. The zero-order valence-corrected chi connectivity index (χ0v) is 15.7. The maximum Gasteiger partial charge on any atom is 0.101 e. The third-order valence-electron chi connectivity index (χ3n) is 4.91. The molecule has 0 amide bonds. The van der Waals surface area contributed by atoms with E-state index in [-0.39, 0.29) is 0 Å². The molecule has 0 heterocycles. The van der Waals surface area contributed by atoms with Gasteiger partial charge in [-0.25, -0.2) is 0 Å². The number of benzene rings is 3. The summed E-state index contributed by atoms with van der Waals surface area (Å²) in [5, 5.41) is 17.6. The molecule has 0 spiro atoms. The van der Waals surface area contributed by atoms with E-state index in [1.807, 2.05) is 43.4 Å². The van der Waals surface area contributed by atoms with E-state index in [1.165, 1.54) is 11.1 Å². The maximum absolute atomic E-state index is 8.71. The van der Waals surface area contributed by atoms with Gasteiger partial charge in [0.1, 0.15) is 5.71 Å². The molecule has 0 radical (unpaired) electrons. The second kappa shape index (κ2) is 7.89. The maximum atomic E-state index is 8.71. The molecule has 0 fully saturated rings. The number of nitriles is 1. The van der Waals surface area contributed by atoms with Crippen LogP contribution in [0.4, 0.5) is 5.69 Å². The fourth-order valence-electron chi connectivity index (χ4n) is 3.42. The molecule has 4 nitrogen and oxygen atoms in total. The van der Waals surface area contributed by atoms with Crippen LogP contribution in [0.3, 0.4) is 0 Å². The first-order valence-corrected chi connectivity index (χ1v) is 9.26. The summed E-state index contributed by atoms with van der Waals surface area (Å²) in [7, 11) is 1.99. The largest absolute Gasteiger partial charge is 0.374 e. The minimum absolute atomic E-state index is 0.514. The first-order valence-electron chi connectivity index (χ1n) is 9.26. The van der Waals surface area contributed by atoms with Gasteiger partial charge in [0.15, 0.2) is 0 Å². The molecule has 0 bridgehead atoms. The van der Waals surface area contributed by atoms with Gasteiger partial charge in [-0.2, -0.15) is 10.4 Å². The number of hydrogen-bond acceptors (Lipinski definition) is 4. The topological polar surface area (TPSA) is 51.8 Å². The molecule has 136 valence electrons. The highest BCUT2D eigenvalue weighted by atomic mass is 15.2. The molecule has 28 heavy (non-hydrogen) atoms. The average molecular weight is 364 g/mol. The number of fused-ring (bicyclic) bond motifs is 3. The Morgan fingerprint density at radius 1 is 0.857 bits per heavy atom. The Morgan fingerprint density at radius 2 is 1.43 bits per heavy atom. The van der Waals surface area contributed by atoms with Crippen molar-refractivity contribution in [1.29, 1.82) is 5.26 Å². The van der Waals surface area contributed by atoms with Crippen LogP contribution in [0.25, 0.3) is 11.1 Å². The summed E-state index contributed by atoms with van der Waals surface area (Å²) >= 11 is 0. The smallest absolute Gasteiger partial charge is 0.101 e. The van der Waals surface area contributed by atoms with Crippen molar-refractivity contribution in [1.82, 2.24) is 0 Å². The van der Waals surface area contributed by atoms with Crippen molar-refractivity contribution < 1.29 is 0 Å². The van der Waals surface area contributed by atoms with Crippen LogP contribution in [0.5, 0.6) is 0 Å². The predicted octanol–water partition coefficient (Wildman–Crippen LogP) is 4.89. The highest BCUT2D eigenvalue weighted by molar-refractivity contribution is 6.24. The van der Waals surface area contributed by atoms with Crippen LogP contribution in [0, 0.1) is 11.3 Å². The second-order valence-corrected chi connectivity index (χ2v) is 6.71. The van der Waals surface area contributed by atoms with Crippen molar-refractivity contribution in [2.75, 3.05) is 18.5 Å². The fourth-order valence-corrected chi connectivity index (χ4v) is 3.42. The van der Waals surface area contributed by atoms with E-state index < -0.39 is 0 Å². The number of rotatable bonds is 5. The van der Waals surface area contributed by atoms with Crippen LogP contribution in [-0.2, 0) is 0 Å². The lowest BCUT2D eigenvalue weighted by atomic mass is 10.1. The van der Waals surface area contributed by atoms with Crippen molar-refractivity contribution in [3.63, 3.8) is 0 Å². The van der Waals surface area contributed by atoms with E-state index in [0.717, 1.165) is 34.6 Å². The molecule has 4 heteroatoms. The van der Waals surface area contributed by atoms with E-state index >= 15 is 0 Å². The van der Waals surface area contributed by atoms with Crippen molar-refractivity contribution in [3.8, 4) is 17.2 Å². The Morgan fingerprint density at radius 3 is 2.00 bits per heavy atom. The molecule has 0 saturated heterocycles. The van der Waals surface area contributed by atoms with Gasteiger partial charge >= 0.3 is 0 Å². The summed E-state index contributed by atoms with van der Waals surface area (Å²) in [6.07, 6.45) is 2.29. The predicted molar refractivity (Wildman–Crippen MR) is 115 cm³/mol. The van der Waals surface area contributed by atoms with Gasteiger partial charge in [0, 0.05) is 30.4 Å². The quantitative estimate of drug-likeness (QED) is 0.374. The molecular weight excluding hydrogens is 344 g/mol. The van der Waals surface area contributed by atoms with Crippen LogP contribution in [-0.4, -0.2) is 25.5 Å². The van der Waals surface area contributed by atoms with Gasteiger partial charge in [0.05, 0.1) is 18.7 Å². The van der Waals surface area contributed by atoms with Crippen LogP contribution < -0.4 is 4.90 Å². The Labute approximate surface area is 165 Å². The first kappa shape index (κ1) is 17.7. The standard InChI is InChI=1S/C24H20N4/c1-28(16-6-15-25)19-13-11-18(12-14-19)17-26-27-24-22-9-4-2-7-20(22)21-8-3-5-10-23(21)24/h2-5,7-14,17H,6,16H2,1H3/b26-17-. The van der Waals surface area contributed by atoms with Crippen LogP contribution in [0.2, 0.25) is 0 Å². The van der Waals surface area contributed by atoms with Gasteiger partial charge in [-0.1, -0.05) is 60.7 Å². The minimum atomic E-state index is 0.514. The monoisotopic (exact) mass is 364 g/mol. The average Bonchev–Trinajstić information content (AvgIpc) is 3.07. The van der Waals surface area contributed by atoms with Gasteiger partial charge in [-0.15, -0.1) is 5.10 Å². The summed E-state index contributed by atoms with van der Waals surface area (Å²) in [4.78, 5) is 2.07. The first-order chi connectivity index (χ1) is 13.8. The van der Waals surface area contributed by atoms with E-state index in [0.29, 0.717) is 6.42 Å². The molecule has 0 unspecified atom stereocenters. The summed E-state index contributed by atoms with van der Waals surface area (Å²) < 4.78 is 0.